The van der Waals surface area contributed by atoms with Crippen molar-refractivity contribution in [2.75, 3.05) is 0 Å². The maximum Gasteiger partial charge on any atom is 0.0563 e. The minimum Gasteiger partial charge on any atom is -0.393 e. The molecule has 0 heterocycles. The van der Waals surface area contributed by atoms with Crippen LogP contribution in [0.1, 0.15) is 47.0 Å². The highest BCUT2D eigenvalue weighted by Crippen LogP contribution is 2.18. The molecule has 0 saturated carbocycles. The van der Waals surface area contributed by atoms with Crippen molar-refractivity contribution in [3.63, 3.8) is 0 Å². The molecule has 0 bridgehead atoms. The zero-order chi connectivity index (χ0) is 8.85. The van der Waals surface area contributed by atoms with Crippen LogP contribution in [0.5, 0.6) is 0 Å². The Bertz CT molecular complexity index is 90.9. The van der Waals surface area contributed by atoms with Crippen molar-refractivity contribution in [3.8, 4) is 0 Å². The van der Waals surface area contributed by atoms with E-state index in [1.807, 2.05) is 6.92 Å². The molecule has 68 valence electrons. The van der Waals surface area contributed by atoms with Gasteiger partial charge in [0.25, 0.3) is 0 Å². The Morgan fingerprint density at radius 3 is 2.00 bits per heavy atom. The molecule has 0 aromatic rings. The van der Waals surface area contributed by atoms with E-state index < -0.39 is 0 Å². The third-order valence-corrected chi connectivity index (χ3v) is 2.55. The minimum atomic E-state index is -0.0935. The van der Waals surface area contributed by atoms with Crippen LogP contribution >= 0.6 is 0 Å². The molecule has 0 amide bonds. The molecule has 0 aliphatic heterocycles. The Balaban J connectivity index is 3.58. The molecular formula is C10H22O. The topological polar surface area (TPSA) is 20.2 Å². The van der Waals surface area contributed by atoms with Gasteiger partial charge in [0.05, 0.1) is 6.10 Å². The number of hydrogen-bond donors (Lipinski definition) is 1. The molecule has 3 unspecified atom stereocenters. The summed E-state index contributed by atoms with van der Waals surface area (Å²) in [4.78, 5) is 0. The molecule has 1 nitrogen and oxygen atoms in total. The third-order valence-electron chi connectivity index (χ3n) is 2.55. The lowest BCUT2D eigenvalue weighted by Crippen LogP contribution is -2.18. The number of aliphatic hydroxyl groups is 1. The van der Waals surface area contributed by atoms with Gasteiger partial charge in [-0.1, -0.05) is 34.1 Å². The van der Waals surface area contributed by atoms with Gasteiger partial charge >= 0.3 is 0 Å². The Kier molecular flexibility index (Phi) is 5.57. The molecule has 3 atom stereocenters. The van der Waals surface area contributed by atoms with Gasteiger partial charge in [-0.3, -0.25) is 0 Å². The molecule has 0 saturated heterocycles. The number of rotatable bonds is 5. The van der Waals surface area contributed by atoms with Crippen LogP contribution < -0.4 is 0 Å². The van der Waals surface area contributed by atoms with Crippen molar-refractivity contribution in [2.24, 2.45) is 11.8 Å². The average molecular weight is 158 g/mol. The molecule has 0 aliphatic carbocycles. The molecule has 1 N–H and O–H groups in total. The maximum absolute atomic E-state index is 9.47. The second-order valence-electron chi connectivity index (χ2n) is 3.70. The van der Waals surface area contributed by atoms with Gasteiger partial charge in [-0.2, -0.15) is 0 Å². The van der Waals surface area contributed by atoms with Gasteiger partial charge in [-0.05, 0) is 24.7 Å². The van der Waals surface area contributed by atoms with Crippen molar-refractivity contribution in [2.45, 2.75) is 53.1 Å². The predicted molar refractivity (Wildman–Crippen MR) is 49.5 cm³/mol. The van der Waals surface area contributed by atoms with E-state index in [1.54, 1.807) is 0 Å². The van der Waals surface area contributed by atoms with Crippen LogP contribution in [-0.2, 0) is 0 Å². The quantitative estimate of drug-likeness (QED) is 0.652. The summed E-state index contributed by atoms with van der Waals surface area (Å²) in [6.07, 6.45) is 3.17. The van der Waals surface area contributed by atoms with Gasteiger partial charge in [0.2, 0.25) is 0 Å². The van der Waals surface area contributed by atoms with E-state index in [0.717, 1.165) is 18.8 Å². The average Bonchev–Trinajstić information content (AvgIpc) is 2.02. The first-order valence-corrected chi connectivity index (χ1v) is 4.79. The highest BCUT2D eigenvalue weighted by molar-refractivity contribution is 4.65. The fraction of sp³-hybridized carbons (Fsp3) is 1.00. The van der Waals surface area contributed by atoms with E-state index in [0.29, 0.717) is 5.92 Å². The molecular weight excluding hydrogens is 136 g/mol. The summed E-state index contributed by atoms with van der Waals surface area (Å²) < 4.78 is 0. The molecule has 0 aliphatic rings. The standard InChI is InChI=1S/C10H22O/c1-5-8(3)7-9(4)10(11)6-2/h8-11H,5-7H2,1-4H3. The van der Waals surface area contributed by atoms with Crippen molar-refractivity contribution >= 4 is 0 Å². The smallest absolute Gasteiger partial charge is 0.0563 e. The zero-order valence-corrected chi connectivity index (χ0v) is 8.30. The Morgan fingerprint density at radius 2 is 1.64 bits per heavy atom. The predicted octanol–water partition coefficient (Wildman–Crippen LogP) is 2.83. The van der Waals surface area contributed by atoms with Crippen molar-refractivity contribution < 1.29 is 5.11 Å². The van der Waals surface area contributed by atoms with Gasteiger partial charge in [0.15, 0.2) is 0 Å². The van der Waals surface area contributed by atoms with Crippen LogP contribution in [0, 0.1) is 11.8 Å². The highest BCUT2D eigenvalue weighted by atomic mass is 16.3. The molecule has 0 aromatic heterocycles. The fourth-order valence-electron chi connectivity index (χ4n) is 1.36. The van der Waals surface area contributed by atoms with E-state index in [1.165, 1.54) is 6.42 Å². The largest absolute Gasteiger partial charge is 0.393 e. The third kappa shape index (κ3) is 4.41. The van der Waals surface area contributed by atoms with Crippen molar-refractivity contribution in [1.29, 1.82) is 0 Å². The number of aliphatic hydroxyl groups excluding tert-OH is 1. The second kappa shape index (κ2) is 5.59. The van der Waals surface area contributed by atoms with Crippen LogP contribution in [0.15, 0.2) is 0 Å². The van der Waals surface area contributed by atoms with Crippen LogP contribution in [-0.4, -0.2) is 11.2 Å². The van der Waals surface area contributed by atoms with Crippen LogP contribution in [0.4, 0.5) is 0 Å². The summed E-state index contributed by atoms with van der Waals surface area (Å²) in [6.45, 7) is 8.63. The lowest BCUT2D eigenvalue weighted by molar-refractivity contribution is 0.0991. The molecule has 11 heavy (non-hydrogen) atoms. The summed E-state index contributed by atoms with van der Waals surface area (Å²) >= 11 is 0. The Labute approximate surface area is 70.8 Å². The molecule has 0 fully saturated rings. The highest BCUT2D eigenvalue weighted by Gasteiger charge is 2.13. The summed E-state index contributed by atoms with van der Waals surface area (Å²) in [5.74, 6) is 1.22. The lowest BCUT2D eigenvalue weighted by atomic mass is 9.90. The first kappa shape index (κ1) is 11.0. The molecule has 0 aromatic carbocycles. The summed E-state index contributed by atoms with van der Waals surface area (Å²) in [6, 6.07) is 0. The first-order chi connectivity index (χ1) is 5.11. The van der Waals surface area contributed by atoms with Gasteiger partial charge < -0.3 is 5.11 Å². The molecule has 0 rings (SSSR count). The Morgan fingerprint density at radius 1 is 1.09 bits per heavy atom. The Hall–Kier alpha value is -0.0400. The van der Waals surface area contributed by atoms with E-state index in [-0.39, 0.29) is 6.10 Å². The fourth-order valence-corrected chi connectivity index (χ4v) is 1.36. The SMILES string of the molecule is CCC(C)CC(C)C(O)CC. The maximum atomic E-state index is 9.47. The second-order valence-corrected chi connectivity index (χ2v) is 3.70. The van der Waals surface area contributed by atoms with Crippen LogP contribution in [0.2, 0.25) is 0 Å². The van der Waals surface area contributed by atoms with Gasteiger partial charge in [0, 0.05) is 0 Å². The molecule has 0 radical (unpaired) electrons. The summed E-state index contributed by atoms with van der Waals surface area (Å²) in [7, 11) is 0. The monoisotopic (exact) mass is 158 g/mol. The van der Waals surface area contributed by atoms with Gasteiger partial charge in [-0.15, -0.1) is 0 Å². The minimum absolute atomic E-state index is 0.0935. The zero-order valence-electron chi connectivity index (χ0n) is 8.30. The first-order valence-electron chi connectivity index (χ1n) is 4.79. The normalized spacial score (nSPS) is 19.4. The van der Waals surface area contributed by atoms with Crippen LogP contribution in [0.25, 0.3) is 0 Å². The summed E-state index contributed by atoms with van der Waals surface area (Å²) in [5.41, 5.74) is 0. The van der Waals surface area contributed by atoms with E-state index >= 15 is 0 Å². The molecule has 1 heteroatoms. The van der Waals surface area contributed by atoms with E-state index in [9.17, 15) is 5.11 Å². The van der Waals surface area contributed by atoms with Gasteiger partial charge in [0.1, 0.15) is 0 Å². The van der Waals surface area contributed by atoms with E-state index in [2.05, 4.69) is 20.8 Å². The van der Waals surface area contributed by atoms with Crippen molar-refractivity contribution in [3.05, 3.63) is 0 Å². The van der Waals surface area contributed by atoms with Crippen LogP contribution in [0.3, 0.4) is 0 Å². The number of hydrogen-bond acceptors (Lipinski definition) is 1. The van der Waals surface area contributed by atoms with Crippen molar-refractivity contribution in [1.82, 2.24) is 0 Å². The summed E-state index contributed by atoms with van der Waals surface area (Å²) in [5, 5.41) is 9.47. The van der Waals surface area contributed by atoms with Gasteiger partial charge in [-0.25, -0.2) is 0 Å². The van der Waals surface area contributed by atoms with E-state index in [4.69, 9.17) is 0 Å². The molecule has 0 spiro atoms. The lowest BCUT2D eigenvalue weighted by Gasteiger charge is -2.20.